The van der Waals surface area contributed by atoms with Crippen molar-refractivity contribution in [1.82, 2.24) is 0 Å². The molecule has 4 aliphatic carbocycles. The third kappa shape index (κ3) is 2.01. The van der Waals surface area contributed by atoms with Crippen LogP contribution in [0.5, 0.6) is 0 Å². The van der Waals surface area contributed by atoms with E-state index in [-0.39, 0.29) is 28.8 Å². The number of aliphatic hydroxyl groups is 2. The van der Waals surface area contributed by atoms with Crippen molar-refractivity contribution >= 4 is 11.6 Å². The molecule has 0 heterocycles. The van der Waals surface area contributed by atoms with E-state index in [2.05, 4.69) is 13.8 Å². The average molecular weight is 344 g/mol. The third-order valence-electron chi connectivity index (χ3n) is 8.31. The Morgan fingerprint density at radius 1 is 1.20 bits per heavy atom. The zero-order valence-electron chi connectivity index (χ0n) is 15.3. The molecule has 4 aliphatic rings. The van der Waals surface area contributed by atoms with E-state index in [9.17, 15) is 19.8 Å². The minimum atomic E-state index is -1.23. The quantitative estimate of drug-likeness (QED) is 0.767. The molecule has 3 saturated carbocycles. The number of Topliss-reactive ketones (excluding diaryl/α,β-unsaturated/α-hetero) is 1. The van der Waals surface area contributed by atoms with E-state index < -0.39 is 17.1 Å². The molecule has 0 spiro atoms. The highest BCUT2D eigenvalue weighted by Crippen LogP contribution is 2.67. The summed E-state index contributed by atoms with van der Waals surface area (Å²) < 4.78 is 0. The lowest BCUT2D eigenvalue weighted by atomic mass is 9.46. The van der Waals surface area contributed by atoms with Crippen molar-refractivity contribution < 1.29 is 19.8 Å². The maximum absolute atomic E-state index is 12.2. The maximum atomic E-state index is 12.2. The first-order valence-corrected chi connectivity index (χ1v) is 9.50. The molecular weight excluding hydrogens is 316 g/mol. The lowest BCUT2D eigenvalue weighted by Gasteiger charge is -2.58. The first-order valence-electron chi connectivity index (χ1n) is 9.50. The molecule has 0 bridgehead atoms. The van der Waals surface area contributed by atoms with Crippen molar-refractivity contribution in [2.75, 3.05) is 0 Å². The van der Waals surface area contributed by atoms with E-state index in [0.717, 1.165) is 24.8 Å². The van der Waals surface area contributed by atoms with Gasteiger partial charge in [-0.3, -0.25) is 9.59 Å². The van der Waals surface area contributed by atoms with E-state index in [1.54, 1.807) is 12.2 Å². The van der Waals surface area contributed by atoms with E-state index >= 15 is 0 Å². The molecule has 0 unspecified atom stereocenters. The second-order valence-corrected chi connectivity index (χ2v) is 9.16. The number of fused-ring (bicyclic) bond motifs is 5. The van der Waals surface area contributed by atoms with Crippen molar-refractivity contribution in [3.8, 4) is 0 Å². The molecule has 7 atom stereocenters. The fourth-order valence-corrected chi connectivity index (χ4v) is 6.84. The molecule has 0 amide bonds. The summed E-state index contributed by atoms with van der Waals surface area (Å²) in [6.07, 6.45) is 8.33. The monoisotopic (exact) mass is 344 g/mol. The molecule has 4 nitrogen and oxygen atoms in total. The number of ketones is 2. The van der Waals surface area contributed by atoms with E-state index in [1.165, 1.54) is 6.92 Å². The molecule has 0 radical (unpaired) electrons. The zero-order chi connectivity index (χ0) is 18.2. The summed E-state index contributed by atoms with van der Waals surface area (Å²) >= 11 is 0. The molecule has 0 aromatic heterocycles. The van der Waals surface area contributed by atoms with Crippen LogP contribution in [0, 0.1) is 28.6 Å². The topological polar surface area (TPSA) is 74.6 Å². The number of rotatable bonds is 1. The Bertz CT molecular complexity index is 707. The highest BCUT2D eigenvalue weighted by molar-refractivity contribution is 6.01. The predicted octanol–water partition coefficient (Wildman–Crippen LogP) is 2.59. The average Bonchev–Trinajstić information content (AvgIpc) is 2.83. The van der Waals surface area contributed by atoms with Crippen LogP contribution in [0.1, 0.15) is 52.9 Å². The Morgan fingerprint density at radius 2 is 1.88 bits per heavy atom. The van der Waals surface area contributed by atoms with Gasteiger partial charge in [0.05, 0.1) is 6.10 Å². The Morgan fingerprint density at radius 3 is 2.56 bits per heavy atom. The summed E-state index contributed by atoms with van der Waals surface area (Å²) in [5.74, 6) is 0.680. The molecule has 25 heavy (non-hydrogen) atoms. The van der Waals surface area contributed by atoms with Gasteiger partial charge in [0.25, 0.3) is 0 Å². The van der Waals surface area contributed by atoms with Crippen molar-refractivity contribution in [2.24, 2.45) is 28.6 Å². The Balaban J connectivity index is 1.75. The standard InChI is InChI=1S/C21H28O4/c1-12(22)21(25)9-6-16-14-11-18(24)17-10-13(23)4-7-19(17,2)15(14)5-8-20(16,21)3/h4,7,10,14-16,18,24-25H,5-6,8-9,11H2,1-3H3/t14-,15+,16+,18+,19-,20+,21+/m1/s1. The summed E-state index contributed by atoms with van der Waals surface area (Å²) in [4.78, 5) is 24.0. The van der Waals surface area contributed by atoms with Gasteiger partial charge in [0.2, 0.25) is 0 Å². The normalized spacial score (nSPS) is 51.4. The Kier molecular flexibility index (Phi) is 3.53. The van der Waals surface area contributed by atoms with Gasteiger partial charge >= 0.3 is 0 Å². The SMILES string of the molecule is CC(=O)[C@@]1(O)CC[C@H]2[C@@H]3C[C@H](O)C4=CC(=O)C=C[C@]4(C)[C@H]3CC[C@@]21C. The zero-order valence-corrected chi connectivity index (χ0v) is 15.3. The van der Waals surface area contributed by atoms with Crippen LogP contribution in [0.15, 0.2) is 23.8 Å². The van der Waals surface area contributed by atoms with Gasteiger partial charge in [-0.1, -0.05) is 19.9 Å². The van der Waals surface area contributed by atoms with Gasteiger partial charge in [0, 0.05) is 10.8 Å². The summed E-state index contributed by atoms with van der Waals surface area (Å²) in [6, 6.07) is 0. The van der Waals surface area contributed by atoms with Gasteiger partial charge in [0.1, 0.15) is 5.60 Å². The van der Waals surface area contributed by atoms with E-state index in [4.69, 9.17) is 0 Å². The van der Waals surface area contributed by atoms with Crippen LogP contribution >= 0.6 is 0 Å². The highest BCUT2D eigenvalue weighted by Gasteiger charge is 2.66. The highest BCUT2D eigenvalue weighted by atomic mass is 16.3. The van der Waals surface area contributed by atoms with Crippen LogP contribution < -0.4 is 0 Å². The number of carbonyl (C=O) groups excluding carboxylic acids is 2. The molecule has 0 saturated heterocycles. The van der Waals surface area contributed by atoms with Gasteiger partial charge in [-0.05, 0) is 74.5 Å². The lowest BCUT2D eigenvalue weighted by molar-refractivity contribution is -0.160. The van der Waals surface area contributed by atoms with Crippen LogP contribution in [-0.2, 0) is 9.59 Å². The molecule has 4 heteroatoms. The molecule has 2 N–H and O–H groups in total. The minimum absolute atomic E-state index is 0.0440. The van der Waals surface area contributed by atoms with Crippen LogP contribution in [0.4, 0.5) is 0 Å². The maximum Gasteiger partial charge on any atom is 0.178 e. The molecule has 0 aromatic carbocycles. The number of hydrogen-bond donors (Lipinski definition) is 2. The van der Waals surface area contributed by atoms with Crippen molar-refractivity contribution in [1.29, 1.82) is 0 Å². The van der Waals surface area contributed by atoms with Crippen LogP contribution in [0.2, 0.25) is 0 Å². The van der Waals surface area contributed by atoms with Crippen molar-refractivity contribution in [2.45, 2.75) is 64.6 Å². The second kappa shape index (κ2) is 5.14. The van der Waals surface area contributed by atoms with Crippen LogP contribution in [-0.4, -0.2) is 33.5 Å². The van der Waals surface area contributed by atoms with Gasteiger partial charge in [0.15, 0.2) is 11.6 Å². The van der Waals surface area contributed by atoms with Crippen LogP contribution in [0.3, 0.4) is 0 Å². The fourth-order valence-electron chi connectivity index (χ4n) is 6.84. The molecule has 136 valence electrons. The molecule has 0 aromatic rings. The molecule has 0 aliphatic heterocycles. The van der Waals surface area contributed by atoms with Crippen molar-refractivity contribution in [3.63, 3.8) is 0 Å². The number of aliphatic hydroxyl groups excluding tert-OH is 1. The van der Waals surface area contributed by atoms with E-state index in [1.807, 2.05) is 6.08 Å². The van der Waals surface area contributed by atoms with Crippen molar-refractivity contribution in [3.05, 3.63) is 23.8 Å². The first kappa shape index (κ1) is 17.2. The molecule has 3 fully saturated rings. The lowest BCUT2D eigenvalue weighted by Crippen LogP contribution is -2.58. The first-order chi connectivity index (χ1) is 11.6. The number of carbonyl (C=O) groups is 2. The van der Waals surface area contributed by atoms with Gasteiger partial charge in [-0.2, -0.15) is 0 Å². The smallest absolute Gasteiger partial charge is 0.178 e. The van der Waals surface area contributed by atoms with Gasteiger partial charge in [-0.15, -0.1) is 0 Å². The number of allylic oxidation sites excluding steroid dienone is 3. The third-order valence-corrected chi connectivity index (χ3v) is 8.31. The van der Waals surface area contributed by atoms with Gasteiger partial charge in [-0.25, -0.2) is 0 Å². The summed E-state index contributed by atoms with van der Waals surface area (Å²) in [5.41, 5.74) is -1.09. The number of hydrogen-bond acceptors (Lipinski definition) is 4. The Labute approximate surface area is 149 Å². The Hall–Kier alpha value is -1.26. The molecular formula is C21H28O4. The van der Waals surface area contributed by atoms with Crippen LogP contribution in [0.25, 0.3) is 0 Å². The van der Waals surface area contributed by atoms with Gasteiger partial charge < -0.3 is 10.2 Å². The predicted molar refractivity (Wildman–Crippen MR) is 93.6 cm³/mol. The summed E-state index contributed by atoms with van der Waals surface area (Å²) in [6.45, 7) is 5.71. The van der Waals surface area contributed by atoms with E-state index in [0.29, 0.717) is 18.8 Å². The largest absolute Gasteiger partial charge is 0.389 e. The second-order valence-electron chi connectivity index (χ2n) is 9.16. The fraction of sp³-hybridized carbons (Fsp3) is 0.714. The summed E-state index contributed by atoms with van der Waals surface area (Å²) in [7, 11) is 0. The molecule has 4 rings (SSSR count). The summed E-state index contributed by atoms with van der Waals surface area (Å²) in [5, 5.41) is 21.9. The minimum Gasteiger partial charge on any atom is -0.389 e.